The lowest BCUT2D eigenvalue weighted by molar-refractivity contribution is 1.12. The van der Waals surface area contributed by atoms with Crippen LogP contribution in [0.3, 0.4) is 0 Å². The highest BCUT2D eigenvalue weighted by atomic mass is 15.1. The second-order valence-corrected chi connectivity index (χ2v) is 4.18. The molecule has 0 aromatic heterocycles. The van der Waals surface area contributed by atoms with Crippen molar-refractivity contribution in [1.82, 2.24) is 0 Å². The Labute approximate surface area is 97.0 Å². The summed E-state index contributed by atoms with van der Waals surface area (Å²) >= 11 is 0. The van der Waals surface area contributed by atoms with Crippen molar-refractivity contribution in [3.05, 3.63) is 59.7 Å². The minimum atomic E-state index is 1.02. The summed E-state index contributed by atoms with van der Waals surface area (Å²) in [6, 6.07) is 17.4. The van der Waals surface area contributed by atoms with Crippen LogP contribution in [-0.2, 0) is 6.42 Å². The predicted octanol–water partition coefficient (Wildman–Crippen LogP) is 3.13. The first-order valence-corrected chi connectivity index (χ1v) is 5.83. The van der Waals surface area contributed by atoms with Gasteiger partial charge in [0.05, 0.1) is 0 Å². The topological polar surface area (TPSA) is 3.24 Å². The van der Waals surface area contributed by atoms with Gasteiger partial charge >= 0.3 is 0 Å². The summed E-state index contributed by atoms with van der Waals surface area (Å²) in [6.07, 6.45) is 1.06. The molecule has 1 aliphatic heterocycles. The molecule has 16 heavy (non-hydrogen) atoms. The first-order chi connectivity index (χ1) is 7.90. The van der Waals surface area contributed by atoms with Gasteiger partial charge < -0.3 is 4.81 Å². The second-order valence-electron chi connectivity index (χ2n) is 4.18. The van der Waals surface area contributed by atoms with E-state index in [4.69, 9.17) is 0 Å². The van der Waals surface area contributed by atoms with Crippen molar-refractivity contribution in [3.63, 3.8) is 0 Å². The number of nitrogens with zero attached hydrogens (tertiary/aromatic N) is 1. The fourth-order valence-electron chi connectivity index (χ4n) is 2.52. The lowest BCUT2D eigenvalue weighted by atomic mass is 9.86. The van der Waals surface area contributed by atoms with E-state index in [1.165, 1.54) is 22.5 Å². The third-order valence-corrected chi connectivity index (χ3v) is 3.26. The maximum absolute atomic E-state index is 2.40. The lowest BCUT2D eigenvalue weighted by Gasteiger charge is -2.32. The average Bonchev–Trinajstić information content (AvgIpc) is 2.36. The first-order valence-electron chi connectivity index (χ1n) is 5.83. The summed E-state index contributed by atoms with van der Waals surface area (Å²) in [5, 5.41) is 0. The molecular formula is C14H14BN. The molecule has 0 bridgehead atoms. The SMILES string of the molecule is CBN1c2ccccc2Cc2ccccc21. The van der Waals surface area contributed by atoms with Crippen LogP contribution >= 0.6 is 0 Å². The van der Waals surface area contributed by atoms with Gasteiger partial charge in [-0.15, -0.1) is 0 Å². The number of rotatable bonds is 1. The van der Waals surface area contributed by atoms with Crippen molar-refractivity contribution in [2.75, 3.05) is 4.81 Å². The van der Waals surface area contributed by atoms with E-state index in [0.717, 1.165) is 13.8 Å². The zero-order valence-electron chi connectivity index (χ0n) is 9.48. The zero-order chi connectivity index (χ0) is 11.0. The Kier molecular flexibility index (Phi) is 2.21. The molecule has 0 fully saturated rings. The van der Waals surface area contributed by atoms with Crippen LogP contribution in [0.2, 0.25) is 6.82 Å². The predicted molar refractivity (Wildman–Crippen MR) is 70.8 cm³/mol. The van der Waals surface area contributed by atoms with Gasteiger partial charge in [-0.05, 0) is 23.3 Å². The maximum Gasteiger partial charge on any atom is 0.239 e. The Hall–Kier alpha value is -1.70. The van der Waals surface area contributed by atoms with Crippen LogP contribution in [0, 0.1) is 0 Å². The molecule has 0 spiro atoms. The van der Waals surface area contributed by atoms with Gasteiger partial charge in [0, 0.05) is 17.8 Å². The molecule has 0 amide bonds. The van der Waals surface area contributed by atoms with Gasteiger partial charge in [-0.25, -0.2) is 0 Å². The molecule has 0 N–H and O–H groups in total. The van der Waals surface area contributed by atoms with Gasteiger partial charge in [-0.1, -0.05) is 43.2 Å². The molecule has 1 nitrogen and oxygen atoms in total. The van der Waals surface area contributed by atoms with Gasteiger partial charge in [0.1, 0.15) is 0 Å². The van der Waals surface area contributed by atoms with Crippen LogP contribution < -0.4 is 4.81 Å². The largest absolute Gasteiger partial charge is 0.390 e. The van der Waals surface area contributed by atoms with Crippen LogP contribution in [-0.4, -0.2) is 7.41 Å². The normalized spacial score (nSPS) is 12.9. The number of benzene rings is 2. The minimum absolute atomic E-state index is 1.02. The van der Waals surface area contributed by atoms with Gasteiger partial charge in [0.15, 0.2) is 0 Å². The summed E-state index contributed by atoms with van der Waals surface area (Å²) in [5.41, 5.74) is 5.60. The quantitative estimate of drug-likeness (QED) is 0.649. The summed E-state index contributed by atoms with van der Waals surface area (Å²) in [6.45, 7) is 2.21. The molecular weight excluding hydrogens is 193 g/mol. The molecule has 0 unspecified atom stereocenters. The van der Waals surface area contributed by atoms with Crippen molar-refractivity contribution in [1.29, 1.82) is 0 Å². The molecule has 0 saturated heterocycles. The van der Waals surface area contributed by atoms with Gasteiger partial charge in [0.2, 0.25) is 7.41 Å². The number of anilines is 2. The molecule has 0 radical (unpaired) electrons. The number of fused-ring (bicyclic) bond motifs is 2. The summed E-state index contributed by atoms with van der Waals surface area (Å²) < 4.78 is 0. The third-order valence-electron chi connectivity index (χ3n) is 3.26. The van der Waals surface area contributed by atoms with E-state index in [0.29, 0.717) is 0 Å². The Balaban J connectivity index is 2.19. The van der Waals surface area contributed by atoms with E-state index in [1.54, 1.807) is 0 Å². The van der Waals surface area contributed by atoms with Crippen LogP contribution in [0.25, 0.3) is 0 Å². The Morgan fingerprint density at radius 2 is 1.38 bits per heavy atom. The maximum atomic E-state index is 2.40. The van der Waals surface area contributed by atoms with Crippen molar-refractivity contribution < 1.29 is 0 Å². The molecule has 2 heteroatoms. The molecule has 2 aromatic rings. The highest BCUT2D eigenvalue weighted by molar-refractivity contribution is 6.42. The third kappa shape index (κ3) is 1.34. The van der Waals surface area contributed by atoms with E-state index in [-0.39, 0.29) is 0 Å². The first kappa shape index (κ1) is 9.53. The lowest BCUT2D eigenvalue weighted by Crippen LogP contribution is -2.25. The van der Waals surface area contributed by atoms with Crippen molar-refractivity contribution in [2.24, 2.45) is 0 Å². The molecule has 1 heterocycles. The van der Waals surface area contributed by atoms with Gasteiger partial charge in [0.25, 0.3) is 0 Å². The molecule has 1 aliphatic rings. The van der Waals surface area contributed by atoms with Crippen molar-refractivity contribution in [3.8, 4) is 0 Å². The van der Waals surface area contributed by atoms with Crippen molar-refractivity contribution >= 4 is 18.8 Å². The van der Waals surface area contributed by atoms with Gasteiger partial charge in [-0.2, -0.15) is 0 Å². The van der Waals surface area contributed by atoms with E-state index >= 15 is 0 Å². The zero-order valence-corrected chi connectivity index (χ0v) is 9.48. The fraction of sp³-hybridized carbons (Fsp3) is 0.143. The standard InChI is InChI=1S/C14H14BN/c1-15-16-13-8-4-2-6-11(13)10-12-7-3-5-9-14(12)16/h2-9,15H,10H2,1H3. The second kappa shape index (κ2) is 3.71. The molecule has 78 valence electrons. The molecule has 3 rings (SSSR count). The number of hydrogen-bond donors (Lipinski definition) is 0. The molecule has 0 aliphatic carbocycles. The molecule has 2 aromatic carbocycles. The Morgan fingerprint density at radius 1 is 0.875 bits per heavy atom. The minimum Gasteiger partial charge on any atom is -0.390 e. The number of hydrogen-bond acceptors (Lipinski definition) is 1. The van der Waals surface area contributed by atoms with E-state index in [1.807, 2.05) is 0 Å². The Bertz CT molecular complexity index is 476. The van der Waals surface area contributed by atoms with E-state index in [9.17, 15) is 0 Å². The van der Waals surface area contributed by atoms with E-state index in [2.05, 4.69) is 60.2 Å². The average molecular weight is 207 g/mol. The van der Waals surface area contributed by atoms with Gasteiger partial charge in [-0.3, -0.25) is 0 Å². The monoisotopic (exact) mass is 207 g/mol. The number of para-hydroxylation sites is 2. The van der Waals surface area contributed by atoms with E-state index < -0.39 is 0 Å². The van der Waals surface area contributed by atoms with Crippen LogP contribution in [0.4, 0.5) is 11.4 Å². The Morgan fingerprint density at radius 3 is 1.88 bits per heavy atom. The fourth-order valence-corrected chi connectivity index (χ4v) is 2.52. The highest BCUT2D eigenvalue weighted by Crippen LogP contribution is 2.37. The van der Waals surface area contributed by atoms with Crippen LogP contribution in [0.15, 0.2) is 48.5 Å². The smallest absolute Gasteiger partial charge is 0.239 e. The van der Waals surface area contributed by atoms with Crippen LogP contribution in [0.1, 0.15) is 11.1 Å². The highest BCUT2D eigenvalue weighted by Gasteiger charge is 2.20. The summed E-state index contributed by atoms with van der Waals surface area (Å²) in [5.74, 6) is 0. The summed E-state index contributed by atoms with van der Waals surface area (Å²) in [7, 11) is 1.02. The molecule has 0 atom stereocenters. The van der Waals surface area contributed by atoms with Crippen LogP contribution in [0.5, 0.6) is 0 Å². The van der Waals surface area contributed by atoms with Crippen molar-refractivity contribution in [2.45, 2.75) is 13.2 Å². The summed E-state index contributed by atoms with van der Waals surface area (Å²) in [4.78, 5) is 2.40. The molecule has 0 saturated carbocycles.